The van der Waals surface area contributed by atoms with Crippen molar-refractivity contribution in [1.29, 1.82) is 0 Å². The van der Waals surface area contributed by atoms with E-state index in [1.54, 1.807) is 4.90 Å². The molecule has 126 valence electrons. The molecule has 0 N–H and O–H groups in total. The smallest absolute Gasteiger partial charge is 0.256 e. The number of carbonyl (C=O) groups is 1. The van der Waals surface area contributed by atoms with E-state index >= 15 is 0 Å². The highest BCUT2D eigenvalue weighted by molar-refractivity contribution is 7.91. The molecule has 0 aromatic heterocycles. The summed E-state index contributed by atoms with van der Waals surface area (Å²) in [7, 11) is -2.91. The van der Waals surface area contributed by atoms with E-state index in [9.17, 15) is 17.6 Å². The maximum absolute atomic E-state index is 13.8. The number of amides is 1. The van der Waals surface area contributed by atoms with E-state index in [4.69, 9.17) is 11.6 Å². The van der Waals surface area contributed by atoms with Crippen molar-refractivity contribution in [2.75, 3.05) is 37.7 Å². The van der Waals surface area contributed by atoms with Crippen LogP contribution in [0.15, 0.2) is 18.2 Å². The normalized spacial score (nSPS) is 24.8. The number of piperazine rings is 1. The van der Waals surface area contributed by atoms with Crippen LogP contribution in [0.2, 0.25) is 5.02 Å². The Labute approximate surface area is 139 Å². The number of benzene rings is 1. The summed E-state index contributed by atoms with van der Waals surface area (Å²) in [6.45, 7) is 2.13. The zero-order chi connectivity index (χ0) is 16.6. The topological polar surface area (TPSA) is 57.7 Å². The fourth-order valence-corrected chi connectivity index (χ4v) is 5.12. The molecule has 0 radical (unpaired) electrons. The molecule has 0 saturated carbocycles. The van der Waals surface area contributed by atoms with Gasteiger partial charge in [-0.2, -0.15) is 0 Å². The van der Waals surface area contributed by atoms with Crippen molar-refractivity contribution in [1.82, 2.24) is 9.80 Å². The first-order valence-corrected chi connectivity index (χ1v) is 9.74. The van der Waals surface area contributed by atoms with Gasteiger partial charge in [-0.05, 0) is 24.6 Å². The number of halogens is 2. The van der Waals surface area contributed by atoms with E-state index < -0.39 is 15.7 Å². The molecular formula is C15H18ClFN2O3S. The summed E-state index contributed by atoms with van der Waals surface area (Å²) in [4.78, 5) is 16.1. The molecule has 0 aliphatic carbocycles. The van der Waals surface area contributed by atoms with Gasteiger partial charge in [-0.1, -0.05) is 11.6 Å². The molecule has 5 nitrogen and oxygen atoms in total. The van der Waals surface area contributed by atoms with Gasteiger partial charge < -0.3 is 4.90 Å². The molecule has 1 amide bonds. The Morgan fingerprint density at radius 2 is 1.91 bits per heavy atom. The fourth-order valence-electron chi connectivity index (χ4n) is 3.19. The maximum Gasteiger partial charge on any atom is 0.256 e. The lowest BCUT2D eigenvalue weighted by molar-refractivity contribution is 0.0583. The summed E-state index contributed by atoms with van der Waals surface area (Å²) in [6, 6.07) is 3.98. The average molecular weight is 361 g/mol. The SMILES string of the molecule is O=C(c1cc(Cl)ccc1F)N1CCN([C@H]2CCS(=O)(=O)C2)CC1. The number of rotatable bonds is 2. The summed E-state index contributed by atoms with van der Waals surface area (Å²) >= 11 is 5.83. The first-order valence-electron chi connectivity index (χ1n) is 7.54. The van der Waals surface area contributed by atoms with Crippen molar-refractivity contribution >= 4 is 27.3 Å². The lowest BCUT2D eigenvalue weighted by Gasteiger charge is -2.37. The van der Waals surface area contributed by atoms with Crippen molar-refractivity contribution in [2.45, 2.75) is 12.5 Å². The van der Waals surface area contributed by atoms with E-state index in [0.717, 1.165) is 0 Å². The van der Waals surface area contributed by atoms with E-state index in [1.165, 1.54) is 18.2 Å². The molecule has 2 heterocycles. The molecule has 1 aromatic carbocycles. The summed E-state index contributed by atoms with van der Waals surface area (Å²) in [5.41, 5.74) is -0.0191. The number of nitrogens with zero attached hydrogens (tertiary/aromatic N) is 2. The lowest BCUT2D eigenvalue weighted by atomic mass is 10.1. The van der Waals surface area contributed by atoms with E-state index in [-0.39, 0.29) is 29.0 Å². The van der Waals surface area contributed by atoms with Gasteiger partial charge in [-0.15, -0.1) is 0 Å². The fraction of sp³-hybridized carbons (Fsp3) is 0.533. The lowest BCUT2D eigenvalue weighted by Crippen LogP contribution is -2.52. The summed E-state index contributed by atoms with van der Waals surface area (Å²) in [6.07, 6.45) is 0.652. The second-order valence-corrected chi connectivity index (χ2v) is 8.67. The van der Waals surface area contributed by atoms with Gasteiger partial charge in [-0.3, -0.25) is 9.69 Å². The highest BCUT2D eigenvalue weighted by Gasteiger charge is 2.34. The predicted octanol–water partition coefficient (Wildman–Crippen LogP) is 1.42. The van der Waals surface area contributed by atoms with Crippen LogP contribution in [0, 0.1) is 5.82 Å². The Balaban J connectivity index is 1.63. The molecule has 2 fully saturated rings. The molecule has 0 bridgehead atoms. The van der Waals surface area contributed by atoms with Gasteiger partial charge in [0.25, 0.3) is 5.91 Å². The van der Waals surface area contributed by atoms with Crippen LogP contribution in [0.25, 0.3) is 0 Å². The number of sulfone groups is 1. The van der Waals surface area contributed by atoms with Gasteiger partial charge in [0.05, 0.1) is 17.1 Å². The van der Waals surface area contributed by atoms with Crippen LogP contribution >= 0.6 is 11.6 Å². The molecule has 2 aliphatic heterocycles. The Bertz CT molecular complexity index is 717. The molecule has 8 heteroatoms. The van der Waals surface area contributed by atoms with Crippen LogP contribution in [0.4, 0.5) is 4.39 Å². The minimum atomic E-state index is -2.91. The van der Waals surface area contributed by atoms with Gasteiger partial charge in [0.15, 0.2) is 9.84 Å². The van der Waals surface area contributed by atoms with Crippen molar-refractivity contribution in [3.63, 3.8) is 0 Å². The maximum atomic E-state index is 13.8. The quantitative estimate of drug-likeness (QED) is 0.800. The first kappa shape index (κ1) is 16.7. The van der Waals surface area contributed by atoms with Crippen molar-refractivity contribution in [3.8, 4) is 0 Å². The molecule has 0 spiro atoms. The standard InChI is InChI=1S/C15H18ClFN2O3S/c16-11-1-2-14(17)13(9-11)15(20)19-6-4-18(5-7-19)12-3-8-23(21,22)10-12/h1-2,9,12H,3-8,10H2/t12-/m0/s1. The molecule has 1 atom stereocenters. The molecule has 2 aliphatic rings. The molecular weight excluding hydrogens is 343 g/mol. The Morgan fingerprint density at radius 3 is 2.52 bits per heavy atom. The third-order valence-electron chi connectivity index (χ3n) is 4.49. The molecule has 3 rings (SSSR count). The van der Waals surface area contributed by atoms with Gasteiger partial charge in [-0.25, -0.2) is 12.8 Å². The monoisotopic (exact) mass is 360 g/mol. The first-order chi connectivity index (χ1) is 10.9. The zero-order valence-electron chi connectivity index (χ0n) is 12.5. The Kier molecular flexibility index (Phi) is 4.62. The van der Waals surface area contributed by atoms with E-state index in [2.05, 4.69) is 4.90 Å². The summed E-state index contributed by atoms with van der Waals surface area (Å²) < 4.78 is 36.9. The highest BCUT2D eigenvalue weighted by Crippen LogP contribution is 2.21. The van der Waals surface area contributed by atoms with Crippen molar-refractivity contribution in [2.24, 2.45) is 0 Å². The number of hydrogen-bond acceptors (Lipinski definition) is 4. The average Bonchev–Trinajstić information content (AvgIpc) is 2.89. The predicted molar refractivity (Wildman–Crippen MR) is 85.9 cm³/mol. The van der Waals surface area contributed by atoms with Crippen LogP contribution in [0.5, 0.6) is 0 Å². The third kappa shape index (κ3) is 3.67. The highest BCUT2D eigenvalue weighted by atomic mass is 35.5. The second kappa shape index (κ2) is 6.37. The van der Waals surface area contributed by atoms with Crippen LogP contribution in [-0.2, 0) is 9.84 Å². The Hall–Kier alpha value is -1.18. The van der Waals surface area contributed by atoms with Gasteiger partial charge in [0.1, 0.15) is 5.82 Å². The summed E-state index contributed by atoms with van der Waals surface area (Å²) in [5, 5.41) is 0.324. The third-order valence-corrected chi connectivity index (χ3v) is 6.47. The van der Waals surface area contributed by atoms with Crippen LogP contribution in [0.3, 0.4) is 0 Å². The van der Waals surface area contributed by atoms with Crippen LogP contribution in [0.1, 0.15) is 16.8 Å². The van der Waals surface area contributed by atoms with Gasteiger partial charge in [0, 0.05) is 37.2 Å². The number of carbonyl (C=O) groups excluding carboxylic acids is 1. The van der Waals surface area contributed by atoms with E-state index in [0.29, 0.717) is 37.6 Å². The molecule has 2 saturated heterocycles. The molecule has 1 aromatic rings. The number of hydrogen-bond donors (Lipinski definition) is 0. The minimum Gasteiger partial charge on any atom is -0.336 e. The van der Waals surface area contributed by atoms with Gasteiger partial charge in [0.2, 0.25) is 0 Å². The van der Waals surface area contributed by atoms with Crippen molar-refractivity contribution in [3.05, 3.63) is 34.6 Å². The molecule has 23 heavy (non-hydrogen) atoms. The van der Waals surface area contributed by atoms with Crippen LogP contribution in [-0.4, -0.2) is 67.9 Å². The summed E-state index contributed by atoms with van der Waals surface area (Å²) in [5.74, 6) is -0.513. The Morgan fingerprint density at radius 1 is 1.22 bits per heavy atom. The zero-order valence-corrected chi connectivity index (χ0v) is 14.1. The van der Waals surface area contributed by atoms with Crippen molar-refractivity contribution < 1.29 is 17.6 Å². The second-order valence-electron chi connectivity index (χ2n) is 6.01. The minimum absolute atomic E-state index is 0.0191. The van der Waals surface area contributed by atoms with Crippen LogP contribution < -0.4 is 0 Å². The molecule has 0 unspecified atom stereocenters. The van der Waals surface area contributed by atoms with Gasteiger partial charge >= 0.3 is 0 Å². The largest absolute Gasteiger partial charge is 0.336 e. The van der Waals surface area contributed by atoms with E-state index in [1.807, 2.05) is 0 Å².